The van der Waals surface area contributed by atoms with Gasteiger partial charge in [-0.15, -0.1) is 0 Å². The van der Waals surface area contributed by atoms with Crippen LogP contribution in [0.3, 0.4) is 0 Å². The van der Waals surface area contributed by atoms with Crippen LogP contribution in [0.1, 0.15) is 83.5 Å². The fourth-order valence-electron chi connectivity index (χ4n) is 7.66. The first kappa shape index (κ1) is 29.9. The van der Waals surface area contributed by atoms with Gasteiger partial charge in [0.2, 0.25) is 5.91 Å². The third-order valence-electron chi connectivity index (χ3n) is 9.88. The van der Waals surface area contributed by atoms with Crippen molar-refractivity contribution in [2.24, 2.45) is 23.7 Å². The molecule has 0 aromatic rings. The third kappa shape index (κ3) is 7.58. The summed E-state index contributed by atoms with van der Waals surface area (Å²) < 4.78 is 80.4. The van der Waals surface area contributed by atoms with Gasteiger partial charge in [-0.25, -0.2) is 0 Å². The van der Waals surface area contributed by atoms with E-state index in [0.717, 1.165) is 64.7 Å². The highest BCUT2D eigenvalue weighted by Gasteiger charge is 2.51. The van der Waals surface area contributed by atoms with Gasteiger partial charge in [0.15, 0.2) is 0 Å². The molecule has 0 aromatic carbocycles. The number of amides is 1. The van der Waals surface area contributed by atoms with E-state index in [1.807, 2.05) is 0 Å². The van der Waals surface area contributed by atoms with Crippen LogP contribution < -0.4 is 0 Å². The van der Waals surface area contributed by atoms with Gasteiger partial charge in [-0.2, -0.15) is 26.3 Å². The van der Waals surface area contributed by atoms with Gasteiger partial charge in [0.05, 0.1) is 17.9 Å². The first-order valence-electron chi connectivity index (χ1n) is 14.8. The maximum Gasteiger partial charge on any atom is 0.391 e. The van der Waals surface area contributed by atoms with Crippen molar-refractivity contribution >= 4 is 5.91 Å². The summed E-state index contributed by atoms with van der Waals surface area (Å²) in [5.74, 6) is -4.30. The quantitative estimate of drug-likeness (QED) is 0.337. The molecule has 2 heterocycles. The van der Waals surface area contributed by atoms with Crippen LogP contribution in [0.4, 0.5) is 26.3 Å². The molecular weight excluding hydrogens is 508 g/mol. The van der Waals surface area contributed by atoms with Crippen LogP contribution in [0.15, 0.2) is 0 Å². The van der Waals surface area contributed by atoms with Gasteiger partial charge in [0, 0.05) is 32.7 Å². The Kier molecular flexibility index (Phi) is 9.97. The highest BCUT2D eigenvalue weighted by Crippen LogP contribution is 2.48. The van der Waals surface area contributed by atoms with Crippen molar-refractivity contribution in [2.45, 2.75) is 108 Å². The van der Waals surface area contributed by atoms with Crippen LogP contribution in [0.5, 0.6) is 0 Å². The second-order valence-corrected chi connectivity index (χ2v) is 12.5. The molecule has 220 valence electrons. The lowest BCUT2D eigenvalue weighted by atomic mass is 9.73. The molecule has 2 saturated heterocycles. The van der Waals surface area contributed by atoms with Crippen LogP contribution in [-0.2, 0) is 4.79 Å². The summed E-state index contributed by atoms with van der Waals surface area (Å²) in [7, 11) is 1.68. The van der Waals surface area contributed by atoms with Gasteiger partial charge >= 0.3 is 12.4 Å². The summed E-state index contributed by atoms with van der Waals surface area (Å²) >= 11 is 0. The molecule has 4 rings (SSSR count). The van der Waals surface area contributed by atoms with E-state index in [1.54, 1.807) is 11.9 Å². The van der Waals surface area contributed by atoms with E-state index in [2.05, 4.69) is 9.80 Å². The molecule has 2 saturated carbocycles. The van der Waals surface area contributed by atoms with Crippen LogP contribution in [-0.4, -0.2) is 84.8 Å². The third-order valence-corrected chi connectivity index (χ3v) is 9.88. The standard InChI is InChI=1S/C28H45F6N3O/c1-35(14-9-20-17-22(27(29,30)31)19-23(18-20)28(32,33)34)26(38)25(21-7-3-2-4-8-21)37-15-10-24(11-16-37)36-12-5-6-13-36/h20-25H,2-19H2,1H3. The van der Waals surface area contributed by atoms with Crippen molar-refractivity contribution in [3.8, 4) is 0 Å². The lowest BCUT2D eigenvalue weighted by Gasteiger charge is -2.44. The zero-order chi connectivity index (χ0) is 27.5. The van der Waals surface area contributed by atoms with E-state index in [9.17, 15) is 31.1 Å². The predicted molar refractivity (Wildman–Crippen MR) is 134 cm³/mol. The monoisotopic (exact) mass is 553 g/mol. The van der Waals surface area contributed by atoms with Crippen molar-refractivity contribution in [3.63, 3.8) is 0 Å². The average molecular weight is 554 g/mol. The van der Waals surface area contributed by atoms with Gasteiger partial charge in [-0.05, 0) is 89.1 Å². The van der Waals surface area contributed by atoms with Gasteiger partial charge in [-0.3, -0.25) is 9.69 Å². The number of likely N-dealkylation sites (N-methyl/N-ethyl adjacent to an activating group) is 1. The zero-order valence-electron chi connectivity index (χ0n) is 22.7. The zero-order valence-corrected chi connectivity index (χ0v) is 22.7. The lowest BCUT2D eigenvalue weighted by Crippen LogP contribution is -2.56. The summed E-state index contributed by atoms with van der Waals surface area (Å²) in [5, 5.41) is 0. The summed E-state index contributed by atoms with van der Waals surface area (Å²) in [5.41, 5.74) is 0. The average Bonchev–Trinajstić information content (AvgIpc) is 3.42. The molecule has 0 spiro atoms. The molecule has 0 aromatic heterocycles. The molecule has 10 heteroatoms. The first-order chi connectivity index (χ1) is 17.9. The highest BCUT2D eigenvalue weighted by atomic mass is 19.4. The first-order valence-corrected chi connectivity index (χ1v) is 14.8. The normalized spacial score (nSPS) is 30.4. The molecule has 0 N–H and O–H groups in total. The molecule has 0 bridgehead atoms. The second kappa shape index (κ2) is 12.6. The topological polar surface area (TPSA) is 26.8 Å². The van der Waals surface area contributed by atoms with Crippen LogP contribution >= 0.6 is 0 Å². The number of alkyl halides is 6. The number of likely N-dealkylation sites (tertiary alicyclic amines) is 2. The Labute approximate surface area is 223 Å². The number of hydrogen-bond donors (Lipinski definition) is 0. The Morgan fingerprint density at radius 2 is 1.34 bits per heavy atom. The van der Waals surface area contributed by atoms with Crippen molar-refractivity contribution in [1.29, 1.82) is 0 Å². The fourth-order valence-corrected chi connectivity index (χ4v) is 7.66. The molecule has 3 unspecified atom stereocenters. The van der Waals surface area contributed by atoms with Crippen molar-refractivity contribution in [2.75, 3.05) is 39.8 Å². The number of piperidine rings is 1. The maximum atomic E-state index is 13.8. The van der Waals surface area contributed by atoms with Crippen LogP contribution in [0.25, 0.3) is 0 Å². The Morgan fingerprint density at radius 1 is 0.789 bits per heavy atom. The number of carbonyl (C=O) groups is 1. The fraction of sp³-hybridized carbons (Fsp3) is 0.964. The van der Waals surface area contributed by atoms with Gasteiger partial charge in [0.25, 0.3) is 0 Å². The lowest BCUT2D eigenvalue weighted by molar-refractivity contribution is -0.229. The van der Waals surface area contributed by atoms with Crippen molar-refractivity contribution in [1.82, 2.24) is 14.7 Å². The number of rotatable bonds is 7. The minimum Gasteiger partial charge on any atom is -0.344 e. The minimum absolute atomic E-state index is 0.00734. The van der Waals surface area contributed by atoms with Crippen molar-refractivity contribution < 1.29 is 31.1 Å². The number of hydrogen-bond acceptors (Lipinski definition) is 3. The van der Waals surface area contributed by atoms with Gasteiger partial charge < -0.3 is 9.80 Å². The summed E-state index contributed by atoms with van der Waals surface area (Å²) in [4.78, 5) is 20.3. The Hall–Kier alpha value is -1.03. The SMILES string of the molecule is CN(CCC1CC(C(F)(F)F)CC(C(F)(F)F)C1)C(=O)C(C1CCCCC1)N1CCC(N2CCCC2)CC1. The summed E-state index contributed by atoms with van der Waals surface area (Å²) in [6.45, 7) is 4.25. The van der Waals surface area contributed by atoms with Gasteiger partial charge in [-0.1, -0.05) is 19.3 Å². The van der Waals surface area contributed by atoms with Crippen LogP contribution in [0, 0.1) is 23.7 Å². The molecule has 4 nitrogen and oxygen atoms in total. The Bertz CT molecular complexity index is 733. The highest BCUT2D eigenvalue weighted by molar-refractivity contribution is 5.82. The molecule has 3 atom stereocenters. The smallest absolute Gasteiger partial charge is 0.344 e. The second-order valence-electron chi connectivity index (χ2n) is 12.5. The number of halogens is 6. The van der Waals surface area contributed by atoms with E-state index in [0.29, 0.717) is 6.04 Å². The van der Waals surface area contributed by atoms with E-state index in [4.69, 9.17) is 0 Å². The largest absolute Gasteiger partial charge is 0.391 e. The molecule has 38 heavy (non-hydrogen) atoms. The van der Waals surface area contributed by atoms with E-state index >= 15 is 0 Å². The molecule has 0 radical (unpaired) electrons. The van der Waals surface area contributed by atoms with E-state index in [1.165, 1.54) is 19.3 Å². The van der Waals surface area contributed by atoms with E-state index in [-0.39, 0.29) is 43.7 Å². The van der Waals surface area contributed by atoms with Gasteiger partial charge in [0.1, 0.15) is 0 Å². The maximum absolute atomic E-state index is 13.8. The summed E-state index contributed by atoms with van der Waals surface area (Å²) in [6.07, 6.45) is -0.567. The minimum atomic E-state index is -4.63. The molecular formula is C28H45F6N3O. The molecule has 4 fully saturated rings. The Balaban J connectivity index is 1.38. The summed E-state index contributed by atoms with van der Waals surface area (Å²) in [6, 6.07) is 0.333. The molecule has 2 aliphatic heterocycles. The van der Waals surface area contributed by atoms with Crippen LogP contribution in [0.2, 0.25) is 0 Å². The molecule has 4 aliphatic rings. The molecule has 1 amide bonds. The predicted octanol–water partition coefficient (Wildman–Crippen LogP) is 6.50. The Morgan fingerprint density at radius 3 is 1.87 bits per heavy atom. The van der Waals surface area contributed by atoms with Crippen molar-refractivity contribution in [3.05, 3.63) is 0 Å². The number of nitrogens with zero attached hydrogens (tertiary/aromatic N) is 3. The molecule has 2 aliphatic carbocycles. The van der Waals surface area contributed by atoms with E-state index < -0.39 is 36.5 Å². The number of carbonyl (C=O) groups excluding carboxylic acids is 1.